The molecule has 146 valence electrons. The molecule has 0 atom stereocenters. The molecule has 0 bridgehead atoms. The summed E-state index contributed by atoms with van der Waals surface area (Å²) in [6.45, 7) is 6.82. The maximum atomic E-state index is 6.46. The standard InChI is InChI=1S/C29H24O/c1-28(2,3)19-16-17-27-25(18-19)29(24-14-8-9-15-26(24)30-27)22-12-6-4-10-20(22)21-11-5-7-13-23(21)29/h4-18H,1-3H3. The second-order valence-electron chi connectivity index (χ2n) is 9.40. The Bertz CT molecular complexity index is 1260. The monoisotopic (exact) mass is 388 g/mol. The minimum Gasteiger partial charge on any atom is -0.457 e. The van der Waals surface area contributed by atoms with Crippen molar-refractivity contribution in [3.05, 3.63) is 119 Å². The van der Waals surface area contributed by atoms with E-state index in [2.05, 4.69) is 112 Å². The normalized spacial score (nSPS) is 15.0. The minimum atomic E-state index is -0.362. The lowest BCUT2D eigenvalue weighted by Crippen LogP contribution is -2.32. The third kappa shape index (κ3) is 2.13. The molecule has 30 heavy (non-hydrogen) atoms. The predicted octanol–water partition coefficient (Wildman–Crippen LogP) is 7.45. The van der Waals surface area contributed by atoms with Crippen LogP contribution in [0.4, 0.5) is 0 Å². The summed E-state index contributed by atoms with van der Waals surface area (Å²) in [7, 11) is 0. The first-order valence-electron chi connectivity index (χ1n) is 10.6. The van der Waals surface area contributed by atoms with Gasteiger partial charge in [0.25, 0.3) is 0 Å². The average Bonchev–Trinajstić information content (AvgIpc) is 3.05. The molecule has 0 unspecified atom stereocenters. The lowest BCUT2D eigenvalue weighted by molar-refractivity contribution is 0.434. The summed E-state index contributed by atoms with van der Waals surface area (Å²) in [4.78, 5) is 0. The molecule has 4 aromatic carbocycles. The van der Waals surface area contributed by atoms with E-state index in [1.165, 1.54) is 38.9 Å². The number of benzene rings is 4. The van der Waals surface area contributed by atoms with Crippen LogP contribution in [0.15, 0.2) is 91.0 Å². The SMILES string of the molecule is CC(C)(C)c1ccc2c(c1)C1(c3ccccc3O2)c2ccccc2-c2ccccc21. The second-order valence-corrected chi connectivity index (χ2v) is 9.40. The summed E-state index contributed by atoms with van der Waals surface area (Å²) in [5, 5.41) is 0. The van der Waals surface area contributed by atoms with E-state index in [4.69, 9.17) is 4.74 Å². The third-order valence-electron chi connectivity index (χ3n) is 6.71. The first kappa shape index (κ1) is 17.5. The van der Waals surface area contributed by atoms with Crippen molar-refractivity contribution >= 4 is 0 Å². The fraction of sp³-hybridized carbons (Fsp3) is 0.172. The van der Waals surface area contributed by atoms with Crippen molar-refractivity contribution in [2.75, 3.05) is 0 Å². The molecule has 0 saturated heterocycles. The van der Waals surface area contributed by atoms with Gasteiger partial charge in [0.15, 0.2) is 0 Å². The molecular formula is C29H24O. The van der Waals surface area contributed by atoms with Crippen LogP contribution in [0.2, 0.25) is 0 Å². The van der Waals surface area contributed by atoms with Crippen molar-refractivity contribution in [1.29, 1.82) is 0 Å². The molecule has 0 fully saturated rings. The van der Waals surface area contributed by atoms with Gasteiger partial charge in [-0.05, 0) is 51.4 Å². The molecule has 0 saturated carbocycles. The predicted molar refractivity (Wildman–Crippen MR) is 123 cm³/mol. The number of fused-ring (bicyclic) bond motifs is 9. The summed E-state index contributed by atoms with van der Waals surface area (Å²) in [5.41, 5.74) is 8.80. The first-order chi connectivity index (χ1) is 14.5. The Labute approximate surface area is 178 Å². The molecule has 1 nitrogen and oxygen atoms in total. The van der Waals surface area contributed by atoms with Gasteiger partial charge in [0.05, 0.1) is 5.41 Å². The fourth-order valence-electron chi connectivity index (χ4n) is 5.32. The highest BCUT2D eigenvalue weighted by atomic mass is 16.5. The molecule has 0 amide bonds. The van der Waals surface area contributed by atoms with E-state index in [1.807, 2.05) is 0 Å². The van der Waals surface area contributed by atoms with Crippen molar-refractivity contribution in [2.45, 2.75) is 31.6 Å². The Hall–Kier alpha value is -3.32. The minimum absolute atomic E-state index is 0.0603. The summed E-state index contributed by atoms with van der Waals surface area (Å²) in [6, 6.07) is 33.0. The number of hydrogen-bond donors (Lipinski definition) is 0. The van der Waals surface area contributed by atoms with E-state index in [0.717, 1.165) is 11.5 Å². The van der Waals surface area contributed by atoms with Crippen LogP contribution < -0.4 is 4.74 Å². The Morgan fingerprint density at radius 1 is 0.567 bits per heavy atom. The Kier molecular flexibility index (Phi) is 3.42. The number of para-hydroxylation sites is 1. The molecule has 0 aromatic heterocycles. The number of hydrogen-bond acceptors (Lipinski definition) is 1. The zero-order valence-corrected chi connectivity index (χ0v) is 17.6. The quantitative estimate of drug-likeness (QED) is 0.262. The van der Waals surface area contributed by atoms with Gasteiger partial charge in [0.2, 0.25) is 0 Å². The Morgan fingerprint density at radius 3 is 1.73 bits per heavy atom. The van der Waals surface area contributed by atoms with Crippen LogP contribution in [-0.2, 0) is 10.8 Å². The lowest BCUT2D eigenvalue weighted by Gasteiger charge is -2.40. The summed E-state index contributed by atoms with van der Waals surface area (Å²) in [6.07, 6.45) is 0. The number of rotatable bonds is 0. The molecule has 0 N–H and O–H groups in total. The van der Waals surface area contributed by atoms with Crippen LogP contribution in [0.1, 0.15) is 48.6 Å². The molecule has 0 radical (unpaired) electrons. The van der Waals surface area contributed by atoms with E-state index in [-0.39, 0.29) is 10.8 Å². The van der Waals surface area contributed by atoms with Gasteiger partial charge in [-0.15, -0.1) is 0 Å². The van der Waals surface area contributed by atoms with Crippen LogP contribution >= 0.6 is 0 Å². The van der Waals surface area contributed by atoms with Crippen LogP contribution in [-0.4, -0.2) is 0 Å². The van der Waals surface area contributed by atoms with Crippen molar-refractivity contribution in [3.8, 4) is 22.6 Å². The average molecular weight is 389 g/mol. The van der Waals surface area contributed by atoms with Gasteiger partial charge in [-0.2, -0.15) is 0 Å². The second kappa shape index (κ2) is 5.86. The molecule has 1 aliphatic carbocycles. The van der Waals surface area contributed by atoms with Gasteiger partial charge in [0, 0.05) is 11.1 Å². The number of ether oxygens (including phenoxy) is 1. The molecular weight excluding hydrogens is 364 g/mol. The van der Waals surface area contributed by atoms with Gasteiger partial charge < -0.3 is 4.74 Å². The van der Waals surface area contributed by atoms with Gasteiger partial charge in [0.1, 0.15) is 11.5 Å². The highest BCUT2D eigenvalue weighted by Gasteiger charge is 2.51. The smallest absolute Gasteiger partial charge is 0.132 e. The summed E-state index contributed by atoms with van der Waals surface area (Å²) in [5.74, 6) is 1.90. The molecule has 1 aliphatic heterocycles. The van der Waals surface area contributed by atoms with E-state index in [9.17, 15) is 0 Å². The Morgan fingerprint density at radius 2 is 1.10 bits per heavy atom. The zero-order valence-electron chi connectivity index (χ0n) is 17.6. The van der Waals surface area contributed by atoms with Crippen LogP contribution in [0.25, 0.3) is 11.1 Å². The van der Waals surface area contributed by atoms with Gasteiger partial charge in [-0.25, -0.2) is 0 Å². The Balaban J connectivity index is 1.81. The van der Waals surface area contributed by atoms with Gasteiger partial charge in [-0.3, -0.25) is 0 Å². The van der Waals surface area contributed by atoms with Gasteiger partial charge >= 0.3 is 0 Å². The fourth-order valence-corrected chi connectivity index (χ4v) is 5.32. The summed E-state index contributed by atoms with van der Waals surface area (Å²) < 4.78 is 6.46. The molecule has 4 aromatic rings. The van der Waals surface area contributed by atoms with Crippen molar-refractivity contribution in [2.24, 2.45) is 0 Å². The highest BCUT2D eigenvalue weighted by Crippen LogP contribution is 2.62. The molecule has 1 spiro atoms. The topological polar surface area (TPSA) is 9.23 Å². The first-order valence-corrected chi connectivity index (χ1v) is 10.6. The van der Waals surface area contributed by atoms with Gasteiger partial charge in [-0.1, -0.05) is 93.6 Å². The van der Waals surface area contributed by atoms with E-state index < -0.39 is 0 Å². The third-order valence-corrected chi connectivity index (χ3v) is 6.71. The highest BCUT2D eigenvalue weighted by molar-refractivity contribution is 5.88. The van der Waals surface area contributed by atoms with Crippen LogP contribution in [0.3, 0.4) is 0 Å². The van der Waals surface area contributed by atoms with E-state index in [0.29, 0.717) is 0 Å². The largest absolute Gasteiger partial charge is 0.457 e. The van der Waals surface area contributed by atoms with E-state index >= 15 is 0 Å². The van der Waals surface area contributed by atoms with Crippen molar-refractivity contribution in [1.82, 2.24) is 0 Å². The van der Waals surface area contributed by atoms with E-state index in [1.54, 1.807) is 0 Å². The molecule has 2 aliphatic rings. The van der Waals surface area contributed by atoms with Crippen LogP contribution in [0, 0.1) is 0 Å². The maximum absolute atomic E-state index is 6.46. The molecule has 1 heteroatoms. The van der Waals surface area contributed by atoms with Crippen molar-refractivity contribution < 1.29 is 4.74 Å². The summed E-state index contributed by atoms with van der Waals surface area (Å²) >= 11 is 0. The van der Waals surface area contributed by atoms with Crippen molar-refractivity contribution in [3.63, 3.8) is 0 Å². The molecule has 1 heterocycles. The maximum Gasteiger partial charge on any atom is 0.132 e. The van der Waals surface area contributed by atoms with Crippen LogP contribution in [0.5, 0.6) is 11.5 Å². The lowest BCUT2D eigenvalue weighted by atomic mass is 9.65. The zero-order chi connectivity index (χ0) is 20.5. The molecule has 6 rings (SSSR count).